The summed E-state index contributed by atoms with van der Waals surface area (Å²) in [5.41, 5.74) is 3.15. The van der Waals surface area contributed by atoms with Crippen LogP contribution in [0, 0.1) is 0 Å². The number of carbonyl (C=O) groups is 1. The van der Waals surface area contributed by atoms with Crippen LogP contribution in [0.4, 0.5) is 0 Å². The van der Waals surface area contributed by atoms with Crippen molar-refractivity contribution in [2.45, 2.75) is 25.3 Å². The number of para-hydroxylation sites is 2. The van der Waals surface area contributed by atoms with E-state index in [1.807, 2.05) is 47.5 Å². The molecule has 1 aliphatic rings. The highest BCUT2D eigenvalue weighted by molar-refractivity contribution is 5.76. The fourth-order valence-electron chi connectivity index (χ4n) is 3.77. The van der Waals surface area contributed by atoms with Crippen molar-refractivity contribution in [2.75, 3.05) is 19.6 Å². The van der Waals surface area contributed by atoms with E-state index >= 15 is 0 Å². The Balaban J connectivity index is 1.62. The molecule has 1 fully saturated rings. The molecule has 2 aromatic heterocycles. The summed E-state index contributed by atoms with van der Waals surface area (Å²) in [7, 11) is 0. The maximum absolute atomic E-state index is 10.9. The lowest BCUT2D eigenvalue weighted by molar-refractivity contribution is -0.138. The largest absolute Gasteiger partial charge is 0.480 e. The number of imidazole rings is 1. The fraction of sp³-hybridized carbons (Fsp3) is 0.350. The molecule has 0 amide bonds. The molecule has 0 unspecified atom stereocenters. The molecule has 0 aliphatic carbocycles. The van der Waals surface area contributed by atoms with Crippen LogP contribution in [0.1, 0.15) is 30.3 Å². The number of likely N-dealkylation sites (tertiary alicyclic amines) is 1. The van der Waals surface area contributed by atoms with Gasteiger partial charge in [-0.25, -0.2) is 4.98 Å². The van der Waals surface area contributed by atoms with Crippen molar-refractivity contribution in [1.29, 1.82) is 0 Å². The molecule has 3 aromatic rings. The molecule has 0 spiro atoms. The number of nitrogens with zero attached hydrogens (tertiary/aromatic N) is 4. The molecule has 6 nitrogen and oxygen atoms in total. The third-order valence-electron chi connectivity index (χ3n) is 5.04. The molecule has 6 heteroatoms. The van der Waals surface area contributed by atoms with Gasteiger partial charge in [-0.3, -0.25) is 14.7 Å². The SMILES string of the molecule is O=C(O)CN1CCC(c2nc3ccccc3n2Cc2ccccn2)CC1. The van der Waals surface area contributed by atoms with Gasteiger partial charge >= 0.3 is 5.97 Å². The molecular weight excluding hydrogens is 328 g/mol. The van der Waals surface area contributed by atoms with Gasteiger partial charge in [0.2, 0.25) is 0 Å². The number of hydrogen-bond donors (Lipinski definition) is 1. The predicted molar refractivity (Wildman–Crippen MR) is 99.1 cm³/mol. The molecule has 1 aliphatic heterocycles. The molecule has 3 heterocycles. The number of carboxylic acid groups (broad SMARTS) is 1. The van der Waals surface area contributed by atoms with Gasteiger partial charge in [0.15, 0.2) is 0 Å². The number of aromatic nitrogens is 3. The lowest BCUT2D eigenvalue weighted by Gasteiger charge is -2.30. The van der Waals surface area contributed by atoms with E-state index in [2.05, 4.69) is 15.6 Å². The molecule has 134 valence electrons. The normalized spacial score (nSPS) is 16.2. The number of piperidine rings is 1. The van der Waals surface area contributed by atoms with Crippen molar-refractivity contribution >= 4 is 17.0 Å². The highest BCUT2D eigenvalue weighted by Gasteiger charge is 2.26. The van der Waals surface area contributed by atoms with E-state index in [1.165, 1.54) is 0 Å². The van der Waals surface area contributed by atoms with Crippen molar-refractivity contribution in [1.82, 2.24) is 19.4 Å². The summed E-state index contributed by atoms with van der Waals surface area (Å²) in [6.45, 7) is 2.41. The van der Waals surface area contributed by atoms with E-state index in [0.29, 0.717) is 12.5 Å². The summed E-state index contributed by atoms with van der Waals surface area (Å²) < 4.78 is 2.27. The average Bonchev–Trinajstić information content (AvgIpc) is 3.01. The molecule has 0 bridgehead atoms. The van der Waals surface area contributed by atoms with E-state index in [-0.39, 0.29) is 6.54 Å². The maximum Gasteiger partial charge on any atom is 0.317 e. The predicted octanol–water partition coefficient (Wildman–Crippen LogP) is 2.74. The van der Waals surface area contributed by atoms with E-state index < -0.39 is 5.97 Å². The molecule has 1 aromatic carbocycles. The average molecular weight is 350 g/mol. The van der Waals surface area contributed by atoms with Crippen LogP contribution in [0.3, 0.4) is 0 Å². The Morgan fingerprint density at radius 2 is 1.88 bits per heavy atom. The van der Waals surface area contributed by atoms with Crippen molar-refractivity contribution in [3.05, 3.63) is 60.2 Å². The smallest absolute Gasteiger partial charge is 0.317 e. The van der Waals surface area contributed by atoms with Crippen molar-refractivity contribution in [3.63, 3.8) is 0 Å². The Labute approximate surface area is 152 Å². The summed E-state index contributed by atoms with van der Waals surface area (Å²) in [6, 6.07) is 14.2. The fourth-order valence-corrected chi connectivity index (χ4v) is 3.77. The minimum atomic E-state index is -0.758. The standard InChI is InChI=1S/C20H22N4O2/c25-19(26)14-23-11-8-15(9-12-23)20-22-17-6-1-2-7-18(17)24(20)13-16-5-3-4-10-21-16/h1-7,10,15H,8-9,11-14H2,(H,25,26). The van der Waals surface area contributed by atoms with Crippen molar-refractivity contribution < 1.29 is 9.90 Å². The number of benzene rings is 1. The van der Waals surface area contributed by atoms with Crippen LogP contribution >= 0.6 is 0 Å². The maximum atomic E-state index is 10.9. The van der Waals surface area contributed by atoms with Crippen LogP contribution in [0.5, 0.6) is 0 Å². The highest BCUT2D eigenvalue weighted by atomic mass is 16.4. The molecule has 0 radical (unpaired) electrons. The molecule has 0 atom stereocenters. The topological polar surface area (TPSA) is 71.2 Å². The van der Waals surface area contributed by atoms with Gasteiger partial charge in [-0.2, -0.15) is 0 Å². The zero-order valence-corrected chi connectivity index (χ0v) is 14.6. The van der Waals surface area contributed by atoms with Gasteiger partial charge in [0.1, 0.15) is 5.82 Å². The Kier molecular flexibility index (Phi) is 4.67. The second kappa shape index (κ2) is 7.25. The molecule has 1 saturated heterocycles. The monoisotopic (exact) mass is 350 g/mol. The van der Waals surface area contributed by atoms with Crippen molar-refractivity contribution in [2.24, 2.45) is 0 Å². The second-order valence-corrected chi connectivity index (χ2v) is 6.81. The third-order valence-corrected chi connectivity index (χ3v) is 5.04. The molecular formula is C20H22N4O2. The van der Waals surface area contributed by atoms with E-state index in [4.69, 9.17) is 10.1 Å². The summed E-state index contributed by atoms with van der Waals surface area (Å²) in [5.74, 6) is 0.675. The zero-order valence-electron chi connectivity index (χ0n) is 14.6. The van der Waals surface area contributed by atoms with Crippen LogP contribution in [-0.2, 0) is 11.3 Å². The number of fused-ring (bicyclic) bond motifs is 1. The third kappa shape index (κ3) is 3.46. The quantitative estimate of drug-likeness (QED) is 0.766. The summed E-state index contributed by atoms with van der Waals surface area (Å²) in [6.07, 6.45) is 3.68. The number of aliphatic carboxylic acids is 1. The van der Waals surface area contributed by atoms with Crippen LogP contribution < -0.4 is 0 Å². The van der Waals surface area contributed by atoms with Crippen molar-refractivity contribution in [3.8, 4) is 0 Å². The Morgan fingerprint density at radius 3 is 2.62 bits per heavy atom. The minimum Gasteiger partial charge on any atom is -0.480 e. The van der Waals surface area contributed by atoms with E-state index in [0.717, 1.165) is 48.5 Å². The second-order valence-electron chi connectivity index (χ2n) is 6.81. The van der Waals surface area contributed by atoms with Gasteiger partial charge in [-0.05, 0) is 50.2 Å². The van der Waals surface area contributed by atoms with E-state index in [1.54, 1.807) is 0 Å². The minimum absolute atomic E-state index is 0.122. The van der Waals surface area contributed by atoms with Crippen LogP contribution in [-0.4, -0.2) is 50.1 Å². The Bertz CT molecular complexity index is 899. The highest BCUT2D eigenvalue weighted by Crippen LogP contribution is 2.30. The van der Waals surface area contributed by atoms with Gasteiger partial charge in [0.05, 0.1) is 29.8 Å². The van der Waals surface area contributed by atoms with Crippen LogP contribution in [0.2, 0.25) is 0 Å². The number of rotatable bonds is 5. The first-order valence-corrected chi connectivity index (χ1v) is 9.00. The lowest BCUT2D eigenvalue weighted by Crippen LogP contribution is -2.37. The molecule has 0 saturated carbocycles. The first kappa shape index (κ1) is 16.7. The first-order chi connectivity index (χ1) is 12.7. The van der Waals surface area contributed by atoms with E-state index in [9.17, 15) is 4.79 Å². The van der Waals surface area contributed by atoms with Crippen LogP contribution in [0.25, 0.3) is 11.0 Å². The number of carboxylic acids is 1. The zero-order chi connectivity index (χ0) is 17.9. The van der Waals surface area contributed by atoms with Crippen LogP contribution in [0.15, 0.2) is 48.7 Å². The summed E-state index contributed by atoms with van der Waals surface area (Å²) in [4.78, 5) is 22.3. The van der Waals surface area contributed by atoms with Gasteiger partial charge in [0, 0.05) is 12.1 Å². The Hall–Kier alpha value is -2.73. The van der Waals surface area contributed by atoms with Gasteiger partial charge < -0.3 is 9.67 Å². The summed E-state index contributed by atoms with van der Waals surface area (Å²) in [5, 5.41) is 8.99. The molecule has 1 N–H and O–H groups in total. The molecule has 26 heavy (non-hydrogen) atoms. The van der Waals surface area contributed by atoms with Gasteiger partial charge in [0.25, 0.3) is 0 Å². The first-order valence-electron chi connectivity index (χ1n) is 9.00. The number of hydrogen-bond acceptors (Lipinski definition) is 4. The van der Waals surface area contributed by atoms with Gasteiger partial charge in [-0.1, -0.05) is 18.2 Å². The summed E-state index contributed by atoms with van der Waals surface area (Å²) >= 11 is 0. The number of pyridine rings is 1. The Morgan fingerprint density at radius 1 is 1.12 bits per heavy atom. The molecule has 4 rings (SSSR count). The lowest BCUT2D eigenvalue weighted by atomic mass is 9.96. The van der Waals surface area contributed by atoms with Gasteiger partial charge in [-0.15, -0.1) is 0 Å².